The summed E-state index contributed by atoms with van der Waals surface area (Å²) in [5.41, 5.74) is -1.06. The van der Waals surface area contributed by atoms with Crippen LogP contribution in [0.1, 0.15) is 11.1 Å². The third-order valence-corrected chi connectivity index (χ3v) is 2.65. The van der Waals surface area contributed by atoms with E-state index in [1.54, 1.807) is 0 Å². The Hall–Kier alpha value is -1.24. The molecule has 0 aliphatic heterocycles. The van der Waals surface area contributed by atoms with Crippen molar-refractivity contribution < 1.29 is 26.7 Å². The molecule has 7 heteroatoms. The van der Waals surface area contributed by atoms with Crippen LogP contribution in [0.15, 0.2) is 18.2 Å². The molecule has 0 fully saturated rings. The number of phenolic OH excluding ortho intramolecular Hbond substituents is 1. The molecule has 0 saturated heterocycles. The summed E-state index contributed by atoms with van der Waals surface area (Å²) in [7, 11) is -3.33. The first-order valence-electron chi connectivity index (χ1n) is 4.16. The van der Waals surface area contributed by atoms with E-state index in [9.17, 15) is 21.6 Å². The predicted octanol–water partition coefficient (Wildman–Crippen LogP) is 1.96. The summed E-state index contributed by atoms with van der Waals surface area (Å²) in [4.78, 5) is 0. The molecule has 0 unspecified atom stereocenters. The quantitative estimate of drug-likeness (QED) is 0.877. The van der Waals surface area contributed by atoms with Crippen molar-refractivity contribution >= 4 is 9.84 Å². The standard InChI is InChI=1S/C9H9F3O3S/c1-16(14,15)5-6-2-3-7(8(13)4-6)9(10,11)12/h2-4,13H,5H2,1H3. The Labute approximate surface area is 90.4 Å². The van der Waals surface area contributed by atoms with Crippen LogP contribution in [0, 0.1) is 0 Å². The van der Waals surface area contributed by atoms with Crippen molar-refractivity contribution in [3.05, 3.63) is 29.3 Å². The van der Waals surface area contributed by atoms with Gasteiger partial charge in [0.2, 0.25) is 0 Å². The zero-order chi connectivity index (χ0) is 12.6. The van der Waals surface area contributed by atoms with Gasteiger partial charge in [0.25, 0.3) is 0 Å². The van der Waals surface area contributed by atoms with Crippen molar-refractivity contribution in [1.82, 2.24) is 0 Å². The summed E-state index contributed by atoms with van der Waals surface area (Å²) in [5, 5.41) is 9.11. The van der Waals surface area contributed by atoms with Crippen LogP contribution in [-0.4, -0.2) is 19.8 Å². The Morgan fingerprint density at radius 3 is 2.25 bits per heavy atom. The lowest BCUT2D eigenvalue weighted by Crippen LogP contribution is -2.06. The zero-order valence-corrected chi connectivity index (χ0v) is 9.06. The van der Waals surface area contributed by atoms with E-state index in [0.717, 1.165) is 18.4 Å². The fraction of sp³-hybridized carbons (Fsp3) is 0.333. The van der Waals surface area contributed by atoms with E-state index in [1.807, 2.05) is 0 Å². The van der Waals surface area contributed by atoms with Crippen LogP contribution in [0.2, 0.25) is 0 Å². The van der Waals surface area contributed by atoms with Crippen LogP contribution >= 0.6 is 0 Å². The molecule has 0 saturated carbocycles. The number of alkyl halides is 3. The van der Waals surface area contributed by atoms with E-state index in [-0.39, 0.29) is 5.56 Å². The molecule has 0 aliphatic rings. The molecule has 0 bridgehead atoms. The first-order chi connectivity index (χ1) is 7.09. The Morgan fingerprint density at radius 2 is 1.88 bits per heavy atom. The minimum absolute atomic E-state index is 0.119. The predicted molar refractivity (Wildman–Crippen MR) is 51.7 cm³/mol. The molecule has 0 radical (unpaired) electrons. The number of sulfone groups is 1. The number of hydrogen-bond acceptors (Lipinski definition) is 3. The van der Waals surface area contributed by atoms with Gasteiger partial charge in [-0.1, -0.05) is 6.07 Å². The summed E-state index contributed by atoms with van der Waals surface area (Å²) in [6.45, 7) is 0. The highest BCUT2D eigenvalue weighted by Gasteiger charge is 2.33. The number of phenols is 1. The maximum absolute atomic E-state index is 12.2. The van der Waals surface area contributed by atoms with Gasteiger partial charge in [-0.2, -0.15) is 13.2 Å². The van der Waals surface area contributed by atoms with E-state index >= 15 is 0 Å². The van der Waals surface area contributed by atoms with Crippen molar-refractivity contribution in [2.75, 3.05) is 6.26 Å². The topological polar surface area (TPSA) is 54.4 Å². The maximum atomic E-state index is 12.2. The van der Waals surface area contributed by atoms with Gasteiger partial charge in [0, 0.05) is 6.26 Å². The molecule has 0 spiro atoms. The molecule has 0 aliphatic carbocycles. The molecule has 16 heavy (non-hydrogen) atoms. The monoisotopic (exact) mass is 254 g/mol. The van der Waals surface area contributed by atoms with Gasteiger partial charge in [0.05, 0.1) is 11.3 Å². The minimum atomic E-state index is -4.65. The van der Waals surface area contributed by atoms with Gasteiger partial charge in [0.15, 0.2) is 9.84 Å². The molecule has 1 N–H and O–H groups in total. The normalized spacial score (nSPS) is 12.8. The first-order valence-corrected chi connectivity index (χ1v) is 6.22. The molecular formula is C9H9F3O3S. The number of rotatable bonds is 2. The van der Waals surface area contributed by atoms with Gasteiger partial charge < -0.3 is 5.11 Å². The Bertz CT molecular complexity index is 491. The third-order valence-electron chi connectivity index (χ3n) is 1.80. The summed E-state index contributed by atoms with van der Waals surface area (Å²) < 4.78 is 58.5. The van der Waals surface area contributed by atoms with Gasteiger partial charge in [-0.15, -0.1) is 0 Å². The fourth-order valence-electron chi connectivity index (χ4n) is 1.21. The van der Waals surface area contributed by atoms with Crippen molar-refractivity contribution in [3.8, 4) is 5.75 Å². The zero-order valence-electron chi connectivity index (χ0n) is 8.25. The largest absolute Gasteiger partial charge is 0.507 e. The van der Waals surface area contributed by atoms with E-state index in [1.165, 1.54) is 0 Å². The molecule has 0 amide bonds. The van der Waals surface area contributed by atoms with Gasteiger partial charge in [0.1, 0.15) is 5.75 Å². The smallest absolute Gasteiger partial charge is 0.419 e. The van der Waals surface area contributed by atoms with Crippen molar-refractivity contribution in [2.24, 2.45) is 0 Å². The van der Waals surface area contributed by atoms with Gasteiger partial charge in [-0.05, 0) is 17.7 Å². The second kappa shape index (κ2) is 3.97. The summed E-state index contributed by atoms with van der Waals surface area (Å²) in [6.07, 6.45) is -3.69. The first kappa shape index (κ1) is 12.8. The van der Waals surface area contributed by atoms with Crippen molar-refractivity contribution in [3.63, 3.8) is 0 Å². The average molecular weight is 254 g/mol. The molecule has 3 nitrogen and oxygen atoms in total. The SMILES string of the molecule is CS(=O)(=O)Cc1ccc(C(F)(F)F)c(O)c1. The average Bonchev–Trinajstić information content (AvgIpc) is 1.97. The van der Waals surface area contributed by atoms with E-state index in [0.29, 0.717) is 6.07 Å². The van der Waals surface area contributed by atoms with Gasteiger partial charge in [-0.3, -0.25) is 0 Å². The number of aromatic hydroxyl groups is 1. The second-order valence-corrected chi connectivity index (χ2v) is 5.56. The maximum Gasteiger partial charge on any atom is 0.419 e. The van der Waals surface area contributed by atoms with Crippen molar-refractivity contribution in [1.29, 1.82) is 0 Å². The third kappa shape index (κ3) is 3.41. The van der Waals surface area contributed by atoms with Crippen molar-refractivity contribution in [2.45, 2.75) is 11.9 Å². The van der Waals surface area contributed by atoms with Crippen LogP contribution in [0.5, 0.6) is 5.75 Å². The van der Waals surface area contributed by atoms with E-state index in [4.69, 9.17) is 5.11 Å². The molecule has 1 aromatic carbocycles. The molecule has 0 heterocycles. The van der Waals surface area contributed by atoms with Gasteiger partial charge in [-0.25, -0.2) is 8.42 Å². The summed E-state index contributed by atoms with van der Waals surface area (Å²) in [6, 6.07) is 2.50. The van der Waals surface area contributed by atoms with Crippen LogP contribution in [0.25, 0.3) is 0 Å². The lowest BCUT2D eigenvalue weighted by atomic mass is 10.1. The number of halogens is 3. The molecule has 1 aromatic rings. The van der Waals surface area contributed by atoms with E-state index in [2.05, 4.69) is 0 Å². The van der Waals surface area contributed by atoms with Crippen LogP contribution in [0.4, 0.5) is 13.2 Å². The number of benzene rings is 1. The number of hydrogen-bond donors (Lipinski definition) is 1. The Kier molecular flexibility index (Phi) is 3.18. The summed E-state index contributed by atoms with van der Waals surface area (Å²) in [5.74, 6) is -1.37. The van der Waals surface area contributed by atoms with E-state index < -0.39 is 33.1 Å². The molecule has 0 atom stereocenters. The Balaban J connectivity index is 3.10. The highest BCUT2D eigenvalue weighted by molar-refractivity contribution is 7.89. The molecule has 90 valence electrons. The molecule has 0 aromatic heterocycles. The van der Waals surface area contributed by atoms with Crippen LogP contribution < -0.4 is 0 Å². The lowest BCUT2D eigenvalue weighted by Gasteiger charge is -2.09. The fourth-order valence-corrected chi connectivity index (χ4v) is 1.99. The minimum Gasteiger partial charge on any atom is -0.507 e. The summed E-state index contributed by atoms with van der Waals surface area (Å²) >= 11 is 0. The Morgan fingerprint density at radius 1 is 1.31 bits per heavy atom. The van der Waals surface area contributed by atoms with Crippen LogP contribution in [-0.2, 0) is 21.8 Å². The van der Waals surface area contributed by atoms with Gasteiger partial charge >= 0.3 is 6.18 Å². The van der Waals surface area contributed by atoms with Crippen LogP contribution in [0.3, 0.4) is 0 Å². The molecule has 1 rings (SSSR count). The molecular weight excluding hydrogens is 245 g/mol. The second-order valence-electron chi connectivity index (χ2n) is 3.42. The highest BCUT2D eigenvalue weighted by Crippen LogP contribution is 2.36. The lowest BCUT2D eigenvalue weighted by molar-refractivity contribution is -0.138. The highest BCUT2D eigenvalue weighted by atomic mass is 32.2.